The van der Waals surface area contributed by atoms with Crippen LogP contribution >= 0.6 is 8.45 Å². The van der Waals surface area contributed by atoms with Crippen molar-refractivity contribution in [3.63, 3.8) is 0 Å². The van der Waals surface area contributed by atoms with Crippen molar-refractivity contribution in [3.8, 4) is 0 Å². The van der Waals surface area contributed by atoms with E-state index in [1.54, 1.807) is 0 Å². The van der Waals surface area contributed by atoms with Crippen LogP contribution in [0.5, 0.6) is 0 Å². The molecule has 96 valence electrons. The molecule has 1 unspecified atom stereocenters. The first kappa shape index (κ1) is 14.4. The molecule has 1 rings (SSSR count). The van der Waals surface area contributed by atoms with Crippen LogP contribution in [-0.2, 0) is 4.52 Å². The molecule has 0 amide bonds. The van der Waals surface area contributed by atoms with E-state index >= 15 is 0 Å². The van der Waals surface area contributed by atoms with E-state index in [4.69, 9.17) is 4.52 Å². The largest absolute Gasteiger partial charge is 0.330 e. The second kappa shape index (κ2) is 6.30. The minimum atomic E-state index is -0.517. The summed E-state index contributed by atoms with van der Waals surface area (Å²) in [7, 11) is -0.517. The summed E-state index contributed by atoms with van der Waals surface area (Å²) in [6.07, 6.45) is 0. The van der Waals surface area contributed by atoms with Crippen molar-refractivity contribution in [2.24, 2.45) is 5.92 Å². The average Bonchev–Trinajstić information content (AvgIpc) is 2.64. The fourth-order valence-corrected chi connectivity index (χ4v) is 4.53. The minimum absolute atomic E-state index is 0.517. The van der Waals surface area contributed by atoms with Crippen molar-refractivity contribution < 1.29 is 4.52 Å². The Balaban J connectivity index is 2.78. The van der Waals surface area contributed by atoms with Gasteiger partial charge in [0.1, 0.15) is 0 Å². The van der Waals surface area contributed by atoms with Crippen LogP contribution in [0.3, 0.4) is 0 Å². The van der Waals surface area contributed by atoms with Gasteiger partial charge in [-0.3, -0.25) is 0 Å². The van der Waals surface area contributed by atoms with Gasteiger partial charge in [-0.25, -0.2) is 9.34 Å². The molecule has 1 aliphatic heterocycles. The second-order valence-electron chi connectivity index (χ2n) is 4.97. The summed E-state index contributed by atoms with van der Waals surface area (Å²) < 4.78 is 11.1. The van der Waals surface area contributed by atoms with Gasteiger partial charge in [-0.05, 0) is 19.8 Å². The van der Waals surface area contributed by atoms with Gasteiger partial charge < -0.3 is 4.52 Å². The van der Waals surface area contributed by atoms with Crippen LogP contribution in [0.15, 0.2) is 0 Å². The van der Waals surface area contributed by atoms with Crippen LogP contribution in [-0.4, -0.2) is 41.1 Å². The molecule has 1 heterocycles. The van der Waals surface area contributed by atoms with Crippen molar-refractivity contribution >= 4 is 8.45 Å². The summed E-state index contributed by atoms with van der Waals surface area (Å²) in [5.74, 6) is 0.672. The summed E-state index contributed by atoms with van der Waals surface area (Å²) in [5.41, 5.74) is 0. The number of nitrogens with zero attached hydrogens (tertiary/aromatic N) is 2. The summed E-state index contributed by atoms with van der Waals surface area (Å²) in [4.78, 5) is 0. The maximum absolute atomic E-state index is 6.06. The van der Waals surface area contributed by atoms with Gasteiger partial charge >= 0.3 is 0 Å². The van der Waals surface area contributed by atoms with Crippen LogP contribution in [0, 0.1) is 5.92 Å². The Morgan fingerprint density at radius 1 is 1.25 bits per heavy atom. The smallest absolute Gasteiger partial charge is 0.188 e. The molecule has 0 aliphatic carbocycles. The zero-order chi connectivity index (χ0) is 12.3. The van der Waals surface area contributed by atoms with Gasteiger partial charge in [0.05, 0.1) is 6.61 Å². The Labute approximate surface area is 102 Å². The minimum Gasteiger partial charge on any atom is -0.330 e. The monoisotopic (exact) mass is 246 g/mol. The summed E-state index contributed by atoms with van der Waals surface area (Å²) in [6.45, 7) is 16.7. The number of hydrogen-bond donors (Lipinski definition) is 0. The highest BCUT2D eigenvalue weighted by molar-refractivity contribution is 7.47. The first-order valence-corrected chi connectivity index (χ1v) is 7.65. The summed E-state index contributed by atoms with van der Waals surface area (Å²) in [6, 6.07) is 1.16. The van der Waals surface area contributed by atoms with Gasteiger partial charge in [-0.15, -0.1) is 0 Å². The van der Waals surface area contributed by atoms with Crippen LogP contribution in [0.1, 0.15) is 41.5 Å². The first-order chi connectivity index (χ1) is 7.52. The SMILES string of the molecule is CCN(CC)P1OC[C@H](C(C)C)N1C(C)C. The van der Waals surface area contributed by atoms with Crippen molar-refractivity contribution in [3.05, 3.63) is 0 Å². The molecule has 4 heteroatoms. The fourth-order valence-electron chi connectivity index (χ4n) is 2.18. The Kier molecular flexibility index (Phi) is 5.66. The zero-order valence-electron chi connectivity index (χ0n) is 11.6. The van der Waals surface area contributed by atoms with Crippen LogP contribution < -0.4 is 0 Å². The standard InChI is InChI=1S/C12H27N2OP/c1-7-13(8-2)16-14(11(5)6)12(9-15-16)10(3)4/h10-12H,7-9H2,1-6H3/t12-,16?/m1/s1. The third-order valence-corrected chi connectivity index (χ3v) is 5.75. The van der Waals surface area contributed by atoms with Gasteiger partial charge in [-0.1, -0.05) is 27.7 Å². The predicted molar refractivity (Wildman–Crippen MR) is 71.4 cm³/mol. The highest BCUT2D eigenvalue weighted by Crippen LogP contribution is 2.53. The maximum atomic E-state index is 6.06. The number of rotatable bonds is 5. The quantitative estimate of drug-likeness (QED) is 0.692. The van der Waals surface area contributed by atoms with Crippen molar-refractivity contribution in [1.82, 2.24) is 9.34 Å². The fraction of sp³-hybridized carbons (Fsp3) is 1.00. The van der Waals surface area contributed by atoms with Crippen molar-refractivity contribution in [1.29, 1.82) is 0 Å². The summed E-state index contributed by atoms with van der Waals surface area (Å²) in [5, 5.41) is 0. The van der Waals surface area contributed by atoms with Gasteiger partial charge in [0.2, 0.25) is 0 Å². The lowest BCUT2D eigenvalue weighted by atomic mass is 10.0. The van der Waals surface area contributed by atoms with Crippen molar-refractivity contribution in [2.45, 2.75) is 53.6 Å². The van der Waals surface area contributed by atoms with E-state index in [-0.39, 0.29) is 0 Å². The Bertz CT molecular complexity index is 207. The maximum Gasteiger partial charge on any atom is 0.188 e. The molecule has 0 saturated carbocycles. The zero-order valence-corrected chi connectivity index (χ0v) is 12.5. The summed E-state index contributed by atoms with van der Waals surface area (Å²) >= 11 is 0. The molecule has 1 aliphatic rings. The van der Waals surface area contributed by atoms with E-state index in [1.807, 2.05) is 0 Å². The lowest BCUT2D eigenvalue weighted by molar-refractivity contribution is 0.228. The highest BCUT2D eigenvalue weighted by atomic mass is 31.2. The highest BCUT2D eigenvalue weighted by Gasteiger charge is 2.40. The third-order valence-electron chi connectivity index (χ3n) is 3.17. The topological polar surface area (TPSA) is 15.7 Å². The molecule has 16 heavy (non-hydrogen) atoms. The third kappa shape index (κ3) is 2.95. The molecule has 0 spiro atoms. The normalized spacial score (nSPS) is 27.6. The van der Waals surface area contributed by atoms with Crippen LogP contribution in [0.4, 0.5) is 0 Å². The Morgan fingerprint density at radius 2 is 1.81 bits per heavy atom. The molecule has 0 bridgehead atoms. The molecular weight excluding hydrogens is 219 g/mol. The Morgan fingerprint density at radius 3 is 2.19 bits per heavy atom. The predicted octanol–water partition coefficient (Wildman–Crippen LogP) is 3.32. The molecule has 3 nitrogen and oxygen atoms in total. The second-order valence-corrected chi connectivity index (χ2v) is 6.76. The van der Waals surface area contributed by atoms with Gasteiger partial charge in [0.15, 0.2) is 8.45 Å². The molecule has 0 radical (unpaired) electrons. The molecule has 1 saturated heterocycles. The Hall–Kier alpha value is 0.310. The average molecular weight is 246 g/mol. The van der Waals surface area contributed by atoms with E-state index in [1.165, 1.54) is 0 Å². The van der Waals surface area contributed by atoms with E-state index in [0.717, 1.165) is 19.7 Å². The lowest BCUT2D eigenvalue weighted by Crippen LogP contribution is -2.39. The molecular formula is C12H27N2OP. The van der Waals surface area contributed by atoms with Gasteiger partial charge in [-0.2, -0.15) is 0 Å². The lowest BCUT2D eigenvalue weighted by Gasteiger charge is -2.37. The number of hydrogen-bond acceptors (Lipinski definition) is 3. The molecule has 1 fully saturated rings. The van der Waals surface area contributed by atoms with Crippen LogP contribution in [0.2, 0.25) is 0 Å². The van der Waals surface area contributed by atoms with Crippen LogP contribution in [0.25, 0.3) is 0 Å². The van der Waals surface area contributed by atoms with E-state index in [9.17, 15) is 0 Å². The van der Waals surface area contributed by atoms with Gasteiger partial charge in [0, 0.05) is 25.2 Å². The molecule has 2 atom stereocenters. The van der Waals surface area contributed by atoms with E-state index in [0.29, 0.717) is 18.0 Å². The molecule has 0 aromatic heterocycles. The van der Waals surface area contributed by atoms with E-state index in [2.05, 4.69) is 50.9 Å². The molecule has 0 N–H and O–H groups in total. The van der Waals surface area contributed by atoms with Gasteiger partial charge in [0.25, 0.3) is 0 Å². The molecule has 0 aromatic rings. The van der Waals surface area contributed by atoms with Crippen molar-refractivity contribution in [2.75, 3.05) is 19.7 Å². The molecule has 0 aromatic carbocycles. The first-order valence-electron chi connectivity index (χ1n) is 6.49. The van der Waals surface area contributed by atoms with E-state index < -0.39 is 8.45 Å².